The molecule has 0 fully saturated rings. The minimum absolute atomic E-state index is 0.0580. The van der Waals surface area contributed by atoms with Crippen molar-refractivity contribution < 1.29 is 22.1 Å². The van der Waals surface area contributed by atoms with Crippen LogP contribution in [0, 0.1) is 6.92 Å². The van der Waals surface area contributed by atoms with Gasteiger partial charge in [-0.2, -0.15) is 8.42 Å². The molecule has 2 aromatic rings. The lowest BCUT2D eigenvalue weighted by molar-refractivity contribution is 0.0134. The molecule has 0 bridgehead atoms. The Balaban J connectivity index is 1.94. The van der Waals surface area contributed by atoms with E-state index in [9.17, 15) is 13.2 Å². The van der Waals surface area contributed by atoms with Crippen LogP contribution in [0.25, 0.3) is 0 Å². The Morgan fingerprint density at radius 2 is 1.64 bits per heavy atom. The monoisotopic (exact) mass is 363 g/mol. The zero-order chi connectivity index (χ0) is 18.5. The van der Waals surface area contributed by atoms with Crippen LogP contribution in [0.3, 0.4) is 0 Å². The molecule has 0 unspecified atom stereocenters. The summed E-state index contributed by atoms with van der Waals surface area (Å²) in [6.45, 7) is 4.70. The average molecular weight is 363 g/mol. The quantitative estimate of drug-likeness (QED) is 0.791. The summed E-state index contributed by atoms with van der Waals surface area (Å²) in [5, 5.41) is 2.57. The van der Waals surface area contributed by atoms with Crippen molar-refractivity contribution in [3.05, 3.63) is 60.2 Å². The maximum absolute atomic E-state index is 12.2. The molecule has 134 valence electrons. The number of hydrogen-bond donors (Lipinski definition) is 1. The summed E-state index contributed by atoms with van der Waals surface area (Å²) in [5.41, 5.74) is 0.396. The van der Waals surface area contributed by atoms with Crippen molar-refractivity contribution in [2.24, 2.45) is 0 Å². The number of para-hydroxylation sites is 1. The van der Waals surface area contributed by atoms with Crippen LogP contribution in [-0.2, 0) is 19.0 Å². The number of amides is 1. The number of nitrogens with one attached hydrogen (secondary N) is 1. The summed E-state index contributed by atoms with van der Waals surface area (Å²) >= 11 is 0. The highest BCUT2D eigenvalue weighted by atomic mass is 32.2. The van der Waals surface area contributed by atoms with Gasteiger partial charge in [-0.05, 0) is 45.0 Å². The highest BCUT2D eigenvalue weighted by molar-refractivity contribution is 7.86. The van der Waals surface area contributed by atoms with Crippen molar-refractivity contribution in [1.29, 1.82) is 0 Å². The van der Waals surface area contributed by atoms with E-state index in [1.807, 2.05) is 13.0 Å². The number of hydrogen-bond acceptors (Lipinski definition) is 5. The van der Waals surface area contributed by atoms with Gasteiger partial charge in [0.1, 0.15) is 12.2 Å². The second-order valence-corrected chi connectivity index (χ2v) is 7.78. The van der Waals surface area contributed by atoms with Gasteiger partial charge in [0.15, 0.2) is 0 Å². The summed E-state index contributed by atoms with van der Waals surface area (Å²) in [6, 6.07) is 15.1. The molecule has 0 saturated heterocycles. The maximum Gasteiger partial charge on any atom is 0.412 e. The molecule has 6 nitrogen and oxygen atoms in total. The zero-order valence-electron chi connectivity index (χ0n) is 14.4. The summed E-state index contributed by atoms with van der Waals surface area (Å²) in [4.78, 5) is 12.0. The van der Waals surface area contributed by atoms with Crippen molar-refractivity contribution in [3.63, 3.8) is 0 Å². The molecule has 0 aromatic heterocycles. The third-order valence-electron chi connectivity index (χ3n) is 3.26. The molecule has 0 heterocycles. The Morgan fingerprint density at radius 3 is 2.24 bits per heavy atom. The van der Waals surface area contributed by atoms with Gasteiger partial charge >= 0.3 is 6.09 Å². The summed E-state index contributed by atoms with van der Waals surface area (Å²) in [5.74, 6) is 0. The lowest BCUT2D eigenvalue weighted by atomic mass is 10.2. The van der Waals surface area contributed by atoms with Gasteiger partial charge in [0.2, 0.25) is 0 Å². The van der Waals surface area contributed by atoms with E-state index in [1.54, 1.807) is 50.2 Å². The summed E-state index contributed by atoms with van der Waals surface area (Å²) < 4.78 is 34.7. The minimum atomic E-state index is -3.92. The highest BCUT2D eigenvalue weighted by Crippen LogP contribution is 2.18. The van der Waals surface area contributed by atoms with Gasteiger partial charge in [0.25, 0.3) is 10.1 Å². The second-order valence-electron chi connectivity index (χ2n) is 6.17. The number of rotatable bonds is 6. The molecule has 0 aliphatic rings. The molecule has 1 N–H and O–H groups in total. The molecular formula is C18H21NO5S. The van der Waals surface area contributed by atoms with Gasteiger partial charge < -0.3 is 4.74 Å². The van der Waals surface area contributed by atoms with Crippen LogP contribution in [-0.4, -0.2) is 26.7 Å². The number of aryl methyl sites for hydroxylation is 1. The topological polar surface area (TPSA) is 81.7 Å². The predicted molar refractivity (Wildman–Crippen MR) is 94.9 cm³/mol. The Kier molecular flexibility index (Phi) is 5.81. The first-order valence-electron chi connectivity index (χ1n) is 7.69. The molecule has 1 amide bonds. The lowest BCUT2D eigenvalue weighted by Crippen LogP contribution is -2.36. The van der Waals surface area contributed by atoms with Crippen LogP contribution >= 0.6 is 0 Å². The van der Waals surface area contributed by atoms with E-state index >= 15 is 0 Å². The first-order valence-corrected chi connectivity index (χ1v) is 9.10. The third kappa shape index (κ3) is 5.88. The van der Waals surface area contributed by atoms with Gasteiger partial charge in [0.05, 0.1) is 4.90 Å². The van der Waals surface area contributed by atoms with Gasteiger partial charge in [0, 0.05) is 5.69 Å². The molecule has 0 saturated carbocycles. The largest absolute Gasteiger partial charge is 0.441 e. The van der Waals surface area contributed by atoms with E-state index in [2.05, 4.69) is 5.32 Å². The van der Waals surface area contributed by atoms with Crippen molar-refractivity contribution in [2.75, 3.05) is 11.9 Å². The molecule has 25 heavy (non-hydrogen) atoms. The van der Waals surface area contributed by atoms with E-state index in [1.165, 1.54) is 12.1 Å². The minimum Gasteiger partial charge on any atom is -0.441 e. The SMILES string of the molecule is Cc1ccc(S(=O)(=O)OCC(C)(C)OC(=O)Nc2ccccc2)cc1. The van der Waals surface area contributed by atoms with E-state index in [0.29, 0.717) is 5.69 Å². The van der Waals surface area contributed by atoms with Crippen molar-refractivity contribution in [3.8, 4) is 0 Å². The molecule has 0 atom stereocenters. The third-order valence-corrected chi connectivity index (χ3v) is 4.54. The Bertz CT molecular complexity index is 814. The number of anilines is 1. The molecule has 0 radical (unpaired) electrons. The van der Waals surface area contributed by atoms with Gasteiger partial charge in [-0.15, -0.1) is 0 Å². The molecule has 0 aliphatic heterocycles. The average Bonchev–Trinajstić information content (AvgIpc) is 2.54. The van der Waals surface area contributed by atoms with E-state index in [0.717, 1.165) is 5.56 Å². The van der Waals surface area contributed by atoms with E-state index < -0.39 is 21.8 Å². The van der Waals surface area contributed by atoms with Crippen LogP contribution in [0.1, 0.15) is 19.4 Å². The van der Waals surface area contributed by atoms with E-state index in [-0.39, 0.29) is 11.5 Å². The van der Waals surface area contributed by atoms with Crippen LogP contribution < -0.4 is 5.32 Å². The fraction of sp³-hybridized carbons (Fsp3) is 0.278. The number of carbonyl (C=O) groups is 1. The highest BCUT2D eigenvalue weighted by Gasteiger charge is 2.27. The fourth-order valence-electron chi connectivity index (χ4n) is 1.94. The van der Waals surface area contributed by atoms with Crippen molar-refractivity contribution in [2.45, 2.75) is 31.3 Å². The van der Waals surface area contributed by atoms with Gasteiger partial charge in [-0.3, -0.25) is 9.50 Å². The first-order chi connectivity index (χ1) is 11.7. The molecule has 0 aliphatic carbocycles. The lowest BCUT2D eigenvalue weighted by Gasteiger charge is -2.24. The van der Waals surface area contributed by atoms with Crippen LogP contribution in [0.5, 0.6) is 0 Å². The zero-order valence-corrected chi connectivity index (χ0v) is 15.2. The molecule has 0 spiro atoms. The number of ether oxygens (including phenoxy) is 1. The maximum atomic E-state index is 12.2. The summed E-state index contributed by atoms with van der Waals surface area (Å²) in [6.07, 6.45) is -0.687. The Hall–Kier alpha value is -2.38. The van der Waals surface area contributed by atoms with Crippen LogP contribution in [0.2, 0.25) is 0 Å². The summed E-state index contributed by atoms with van der Waals surface area (Å²) in [7, 11) is -3.92. The molecule has 2 rings (SSSR count). The smallest absolute Gasteiger partial charge is 0.412 e. The van der Waals surface area contributed by atoms with Gasteiger partial charge in [-0.25, -0.2) is 4.79 Å². The Morgan fingerprint density at radius 1 is 1.04 bits per heavy atom. The number of benzene rings is 2. The van der Waals surface area contributed by atoms with E-state index in [4.69, 9.17) is 8.92 Å². The van der Waals surface area contributed by atoms with Crippen molar-refractivity contribution in [1.82, 2.24) is 0 Å². The standard InChI is InChI=1S/C18H21NO5S/c1-14-9-11-16(12-10-14)25(21,22)23-13-18(2,3)24-17(20)19-15-7-5-4-6-8-15/h4-12H,13H2,1-3H3,(H,19,20). The Labute approximate surface area is 147 Å². The number of carbonyl (C=O) groups excluding carboxylic acids is 1. The van der Waals surface area contributed by atoms with Crippen LogP contribution in [0.4, 0.5) is 10.5 Å². The molecule has 7 heteroatoms. The molecule has 2 aromatic carbocycles. The first kappa shape index (κ1) is 19.0. The predicted octanol–water partition coefficient (Wildman–Crippen LogP) is 3.73. The van der Waals surface area contributed by atoms with Crippen molar-refractivity contribution >= 4 is 21.9 Å². The normalized spacial score (nSPS) is 11.8. The van der Waals surface area contributed by atoms with Gasteiger partial charge in [-0.1, -0.05) is 35.9 Å². The van der Waals surface area contributed by atoms with Crippen LogP contribution in [0.15, 0.2) is 59.5 Å². The molecular weight excluding hydrogens is 342 g/mol. The fourth-order valence-corrected chi connectivity index (χ4v) is 2.98. The second kappa shape index (κ2) is 7.67.